The zero-order chi connectivity index (χ0) is 13.0. The van der Waals surface area contributed by atoms with Gasteiger partial charge in [0, 0.05) is 17.0 Å². The van der Waals surface area contributed by atoms with Crippen molar-refractivity contribution in [2.24, 2.45) is 0 Å². The number of allylic oxidation sites excluding steroid dienone is 1. The van der Waals surface area contributed by atoms with E-state index in [1.807, 2.05) is 13.0 Å². The van der Waals surface area contributed by atoms with Crippen LogP contribution in [0.4, 0.5) is 10.5 Å². The number of rotatable bonds is 2. The first-order chi connectivity index (χ1) is 8.72. The van der Waals surface area contributed by atoms with Crippen molar-refractivity contribution in [2.45, 2.75) is 6.92 Å². The Morgan fingerprint density at radius 2 is 1.89 bits per heavy atom. The SMILES string of the molecule is C/C=C/NC(=O)Nc1cccc2c(O)cccc12. The van der Waals surface area contributed by atoms with Gasteiger partial charge in [-0.2, -0.15) is 0 Å². The fourth-order valence-corrected chi connectivity index (χ4v) is 1.72. The lowest BCUT2D eigenvalue weighted by Crippen LogP contribution is -2.23. The molecule has 0 aliphatic carbocycles. The highest BCUT2D eigenvalue weighted by Crippen LogP contribution is 2.29. The van der Waals surface area contributed by atoms with Gasteiger partial charge in [0.1, 0.15) is 5.75 Å². The second-order valence-electron chi connectivity index (χ2n) is 3.78. The predicted molar refractivity (Wildman–Crippen MR) is 72.6 cm³/mol. The average Bonchev–Trinajstić information content (AvgIpc) is 2.38. The Bertz CT molecular complexity index is 606. The lowest BCUT2D eigenvalue weighted by Gasteiger charge is -2.09. The number of anilines is 1. The topological polar surface area (TPSA) is 61.4 Å². The van der Waals surface area contributed by atoms with Crippen molar-refractivity contribution in [1.29, 1.82) is 0 Å². The van der Waals surface area contributed by atoms with Gasteiger partial charge in [-0.25, -0.2) is 4.79 Å². The molecule has 2 aromatic rings. The fourth-order valence-electron chi connectivity index (χ4n) is 1.72. The quantitative estimate of drug-likeness (QED) is 0.757. The van der Waals surface area contributed by atoms with E-state index in [1.54, 1.807) is 42.6 Å². The van der Waals surface area contributed by atoms with Crippen LogP contribution in [0.3, 0.4) is 0 Å². The summed E-state index contributed by atoms with van der Waals surface area (Å²) in [4.78, 5) is 11.6. The molecule has 0 atom stereocenters. The molecule has 0 saturated heterocycles. The molecular formula is C14H14N2O2. The van der Waals surface area contributed by atoms with Crippen LogP contribution in [0.25, 0.3) is 10.8 Å². The third-order valence-corrected chi connectivity index (χ3v) is 2.53. The Labute approximate surface area is 105 Å². The standard InChI is InChI=1S/C14H14N2O2/c1-2-9-15-14(18)16-12-7-3-6-11-10(12)5-4-8-13(11)17/h2-9,17H,1H3,(H2,15,16,18)/b9-2+. The molecule has 0 aliphatic rings. The Morgan fingerprint density at radius 3 is 2.67 bits per heavy atom. The second-order valence-corrected chi connectivity index (χ2v) is 3.78. The number of carbonyl (C=O) groups excluding carboxylic acids is 1. The minimum absolute atomic E-state index is 0.199. The van der Waals surface area contributed by atoms with Crippen LogP contribution in [0.15, 0.2) is 48.7 Å². The van der Waals surface area contributed by atoms with Gasteiger partial charge >= 0.3 is 6.03 Å². The van der Waals surface area contributed by atoms with Crippen molar-refractivity contribution in [3.63, 3.8) is 0 Å². The first-order valence-electron chi connectivity index (χ1n) is 5.62. The van der Waals surface area contributed by atoms with Crippen LogP contribution >= 0.6 is 0 Å². The maximum absolute atomic E-state index is 11.6. The van der Waals surface area contributed by atoms with Gasteiger partial charge in [0.2, 0.25) is 0 Å². The van der Waals surface area contributed by atoms with Gasteiger partial charge in [-0.1, -0.05) is 30.3 Å². The molecule has 0 aliphatic heterocycles. The number of urea groups is 1. The van der Waals surface area contributed by atoms with Gasteiger partial charge < -0.3 is 15.7 Å². The molecular weight excluding hydrogens is 228 g/mol. The summed E-state index contributed by atoms with van der Waals surface area (Å²) in [5, 5.41) is 16.5. The number of aromatic hydroxyl groups is 1. The highest BCUT2D eigenvalue weighted by molar-refractivity contribution is 6.03. The lowest BCUT2D eigenvalue weighted by atomic mass is 10.1. The van der Waals surface area contributed by atoms with Crippen molar-refractivity contribution in [3.05, 3.63) is 48.7 Å². The van der Waals surface area contributed by atoms with Gasteiger partial charge in [0.05, 0.1) is 5.69 Å². The van der Waals surface area contributed by atoms with E-state index < -0.39 is 0 Å². The predicted octanol–water partition coefficient (Wildman–Crippen LogP) is 3.20. The highest BCUT2D eigenvalue weighted by atomic mass is 16.3. The molecule has 0 bridgehead atoms. The number of hydrogen-bond donors (Lipinski definition) is 3. The van der Waals surface area contributed by atoms with Crippen LogP contribution in [0.2, 0.25) is 0 Å². The molecule has 4 nitrogen and oxygen atoms in total. The van der Waals surface area contributed by atoms with Gasteiger partial charge in [0.25, 0.3) is 0 Å². The Kier molecular flexibility index (Phi) is 3.48. The first kappa shape index (κ1) is 12.0. The summed E-state index contributed by atoms with van der Waals surface area (Å²) in [5.74, 6) is 0.199. The second kappa shape index (κ2) is 5.23. The van der Waals surface area contributed by atoms with E-state index in [0.717, 1.165) is 5.39 Å². The largest absolute Gasteiger partial charge is 0.507 e. The third-order valence-electron chi connectivity index (χ3n) is 2.53. The van der Waals surface area contributed by atoms with Gasteiger partial charge in [-0.05, 0) is 19.1 Å². The number of phenols is 1. The Hall–Kier alpha value is -2.49. The highest BCUT2D eigenvalue weighted by Gasteiger charge is 2.06. The summed E-state index contributed by atoms with van der Waals surface area (Å²) in [6.07, 6.45) is 3.28. The van der Waals surface area contributed by atoms with E-state index in [1.165, 1.54) is 0 Å². The molecule has 0 radical (unpaired) electrons. The molecule has 92 valence electrons. The van der Waals surface area contributed by atoms with Gasteiger partial charge in [-0.15, -0.1) is 0 Å². The van der Waals surface area contributed by atoms with Crippen molar-refractivity contribution in [2.75, 3.05) is 5.32 Å². The average molecular weight is 242 g/mol. The zero-order valence-corrected chi connectivity index (χ0v) is 9.97. The first-order valence-corrected chi connectivity index (χ1v) is 5.62. The monoisotopic (exact) mass is 242 g/mol. The minimum Gasteiger partial charge on any atom is -0.507 e. The fraction of sp³-hybridized carbons (Fsp3) is 0.0714. The number of fused-ring (bicyclic) bond motifs is 1. The maximum atomic E-state index is 11.6. The Morgan fingerprint density at radius 1 is 1.17 bits per heavy atom. The minimum atomic E-state index is -0.316. The molecule has 3 N–H and O–H groups in total. The third kappa shape index (κ3) is 2.43. The van der Waals surface area contributed by atoms with Crippen LogP contribution < -0.4 is 10.6 Å². The summed E-state index contributed by atoms with van der Waals surface area (Å²) in [6, 6.07) is 10.3. The van der Waals surface area contributed by atoms with E-state index in [-0.39, 0.29) is 11.8 Å². The molecule has 4 heteroatoms. The maximum Gasteiger partial charge on any atom is 0.323 e. The number of carbonyl (C=O) groups is 1. The zero-order valence-electron chi connectivity index (χ0n) is 9.97. The molecule has 18 heavy (non-hydrogen) atoms. The van der Waals surface area contributed by atoms with Crippen LogP contribution in [-0.2, 0) is 0 Å². The molecule has 2 rings (SSSR count). The van der Waals surface area contributed by atoms with Crippen LogP contribution in [0.1, 0.15) is 6.92 Å². The van der Waals surface area contributed by atoms with Crippen LogP contribution in [0.5, 0.6) is 5.75 Å². The van der Waals surface area contributed by atoms with Crippen LogP contribution in [0, 0.1) is 0 Å². The Balaban J connectivity index is 2.34. The van der Waals surface area contributed by atoms with Crippen molar-refractivity contribution < 1.29 is 9.90 Å². The summed E-state index contributed by atoms with van der Waals surface area (Å²) < 4.78 is 0. The number of hydrogen-bond acceptors (Lipinski definition) is 2. The van der Waals surface area contributed by atoms with E-state index in [0.29, 0.717) is 11.1 Å². The van der Waals surface area contributed by atoms with Crippen LogP contribution in [-0.4, -0.2) is 11.1 Å². The summed E-state index contributed by atoms with van der Waals surface area (Å²) in [5.41, 5.74) is 0.658. The van der Waals surface area contributed by atoms with E-state index >= 15 is 0 Å². The molecule has 0 unspecified atom stereocenters. The van der Waals surface area contributed by atoms with Gasteiger partial charge in [-0.3, -0.25) is 0 Å². The summed E-state index contributed by atoms with van der Waals surface area (Å²) in [7, 11) is 0. The van der Waals surface area contributed by atoms with Gasteiger partial charge in [0.15, 0.2) is 0 Å². The number of amides is 2. The normalized spacial score (nSPS) is 10.7. The van der Waals surface area contributed by atoms with Crippen molar-refractivity contribution in [1.82, 2.24) is 5.32 Å². The summed E-state index contributed by atoms with van der Waals surface area (Å²) >= 11 is 0. The number of phenolic OH excluding ortho intramolecular Hbond substituents is 1. The molecule has 2 aromatic carbocycles. The number of benzene rings is 2. The molecule has 0 aromatic heterocycles. The molecule has 2 amide bonds. The van der Waals surface area contributed by atoms with Crippen molar-refractivity contribution >= 4 is 22.5 Å². The molecule has 0 spiro atoms. The summed E-state index contributed by atoms with van der Waals surface area (Å²) in [6.45, 7) is 1.82. The molecule has 0 saturated carbocycles. The smallest absolute Gasteiger partial charge is 0.323 e. The van der Waals surface area contributed by atoms with E-state index in [2.05, 4.69) is 10.6 Å². The molecule has 0 fully saturated rings. The van der Waals surface area contributed by atoms with Crippen molar-refractivity contribution in [3.8, 4) is 5.75 Å². The van der Waals surface area contributed by atoms with E-state index in [4.69, 9.17) is 0 Å². The molecule has 0 heterocycles. The van der Waals surface area contributed by atoms with E-state index in [9.17, 15) is 9.90 Å². The number of nitrogens with one attached hydrogen (secondary N) is 2. The lowest BCUT2D eigenvalue weighted by molar-refractivity contribution is 0.255.